The number of nitrogens with zero attached hydrogens (tertiary/aromatic N) is 2. The Bertz CT molecular complexity index is 1470. The van der Waals surface area contributed by atoms with Gasteiger partial charge in [-0.25, -0.2) is 9.38 Å². The number of benzene rings is 3. The Morgan fingerprint density at radius 2 is 1.73 bits per heavy atom. The normalized spacial score (nSPS) is 12.1. The third kappa shape index (κ3) is 3.37. The number of rotatable bonds is 4. The quantitative estimate of drug-likeness (QED) is 0.431. The summed E-state index contributed by atoms with van der Waals surface area (Å²) in [5.41, 5.74) is 6.15. The average molecular weight is 413 g/mol. The van der Waals surface area contributed by atoms with Gasteiger partial charge in [-0.2, -0.15) is 0 Å². The molecular formula is C25H20N2O2S. The second kappa shape index (κ2) is 7.43. The average Bonchev–Trinajstić information content (AvgIpc) is 3.24. The number of hydrogen-bond acceptors (Lipinski definition) is 4. The Labute approximate surface area is 177 Å². The molecular weight excluding hydrogens is 392 g/mol. The molecule has 0 amide bonds. The lowest BCUT2D eigenvalue weighted by Gasteiger charge is -2.06. The Morgan fingerprint density at radius 1 is 1.00 bits per heavy atom. The van der Waals surface area contributed by atoms with Crippen LogP contribution in [0, 0.1) is 13.8 Å². The highest BCUT2D eigenvalue weighted by Crippen LogP contribution is 2.21. The van der Waals surface area contributed by atoms with Crippen LogP contribution in [0.5, 0.6) is 5.75 Å². The minimum Gasteiger partial charge on any atom is -0.489 e. The number of ether oxygens (including phenoxy) is 1. The highest BCUT2D eigenvalue weighted by molar-refractivity contribution is 7.15. The van der Waals surface area contributed by atoms with Crippen LogP contribution in [0.2, 0.25) is 0 Å². The van der Waals surface area contributed by atoms with Crippen molar-refractivity contribution in [1.82, 2.24) is 9.38 Å². The highest BCUT2D eigenvalue weighted by atomic mass is 32.1. The smallest absolute Gasteiger partial charge is 0.274 e. The largest absolute Gasteiger partial charge is 0.489 e. The van der Waals surface area contributed by atoms with Crippen LogP contribution in [-0.4, -0.2) is 9.38 Å². The predicted molar refractivity (Wildman–Crippen MR) is 122 cm³/mol. The molecule has 0 spiro atoms. The minimum atomic E-state index is -0.0230. The molecule has 0 aliphatic heterocycles. The van der Waals surface area contributed by atoms with E-state index in [1.54, 1.807) is 4.40 Å². The molecule has 2 aromatic heterocycles. The van der Waals surface area contributed by atoms with E-state index in [0.717, 1.165) is 38.4 Å². The summed E-state index contributed by atoms with van der Waals surface area (Å²) in [7, 11) is 0. The van der Waals surface area contributed by atoms with E-state index in [2.05, 4.69) is 18.8 Å². The molecule has 5 rings (SSSR count). The molecule has 5 aromatic rings. The van der Waals surface area contributed by atoms with Crippen LogP contribution in [0.3, 0.4) is 0 Å². The standard InChI is InChI=1S/C25H20N2O2S/c1-16-12-21-22(13-17(16)2)27-24(28)23(30-25(27)26-21)14-18-8-10-20(11-9-18)29-15-19-6-4-3-5-7-19/h3-14H,15H2,1-2H3/b23-14-. The molecule has 0 saturated carbocycles. The van der Waals surface area contributed by atoms with Crippen LogP contribution >= 0.6 is 11.3 Å². The lowest BCUT2D eigenvalue weighted by atomic mass is 10.1. The van der Waals surface area contributed by atoms with Crippen molar-refractivity contribution in [2.24, 2.45) is 0 Å². The molecule has 3 aromatic carbocycles. The topological polar surface area (TPSA) is 43.6 Å². The SMILES string of the molecule is Cc1cc2nc3s/c(=C\c4ccc(OCc5ccccc5)cc4)c(=O)n3c2cc1C. The van der Waals surface area contributed by atoms with E-state index in [4.69, 9.17) is 4.74 Å². The summed E-state index contributed by atoms with van der Waals surface area (Å²) < 4.78 is 8.23. The second-order valence-corrected chi connectivity index (χ2v) is 8.42. The first-order valence-corrected chi connectivity index (χ1v) is 10.6. The second-order valence-electron chi connectivity index (χ2n) is 7.41. The van der Waals surface area contributed by atoms with Gasteiger partial charge in [-0.1, -0.05) is 53.8 Å². The summed E-state index contributed by atoms with van der Waals surface area (Å²) in [5.74, 6) is 0.802. The summed E-state index contributed by atoms with van der Waals surface area (Å²) >= 11 is 1.42. The Hall–Kier alpha value is -3.44. The van der Waals surface area contributed by atoms with Gasteiger partial charge in [0, 0.05) is 0 Å². The highest BCUT2D eigenvalue weighted by Gasteiger charge is 2.12. The molecule has 0 fully saturated rings. The van der Waals surface area contributed by atoms with Crippen LogP contribution in [0.25, 0.3) is 22.1 Å². The molecule has 0 unspecified atom stereocenters. The van der Waals surface area contributed by atoms with Crippen molar-refractivity contribution >= 4 is 33.4 Å². The van der Waals surface area contributed by atoms with Gasteiger partial charge in [0.25, 0.3) is 5.56 Å². The van der Waals surface area contributed by atoms with Crippen LogP contribution in [0.15, 0.2) is 71.5 Å². The van der Waals surface area contributed by atoms with Crippen LogP contribution in [0.1, 0.15) is 22.3 Å². The summed E-state index contributed by atoms with van der Waals surface area (Å²) in [6.45, 7) is 4.65. The lowest BCUT2D eigenvalue weighted by molar-refractivity contribution is 0.306. The predicted octanol–water partition coefficient (Wildman–Crippen LogP) is 4.65. The van der Waals surface area contributed by atoms with Gasteiger partial charge >= 0.3 is 0 Å². The molecule has 30 heavy (non-hydrogen) atoms. The van der Waals surface area contributed by atoms with Gasteiger partial charge in [-0.05, 0) is 66.4 Å². The van der Waals surface area contributed by atoms with E-state index in [0.29, 0.717) is 11.1 Å². The number of aromatic nitrogens is 2. The van der Waals surface area contributed by atoms with Crippen LogP contribution in [0.4, 0.5) is 0 Å². The van der Waals surface area contributed by atoms with E-state index >= 15 is 0 Å². The minimum absolute atomic E-state index is 0.0230. The lowest BCUT2D eigenvalue weighted by Crippen LogP contribution is -2.22. The van der Waals surface area contributed by atoms with Crippen molar-refractivity contribution in [3.8, 4) is 5.75 Å². The molecule has 0 saturated heterocycles. The van der Waals surface area contributed by atoms with Gasteiger partial charge in [-0.3, -0.25) is 4.79 Å². The van der Waals surface area contributed by atoms with Crippen molar-refractivity contribution in [3.63, 3.8) is 0 Å². The van der Waals surface area contributed by atoms with Crippen LogP contribution < -0.4 is 14.8 Å². The monoisotopic (exact) mass is 412 g/mol. The van der Waals surface area contributed by atoms with Gasteiger partial charge in [0.1, 0.15) is 12.4 Å². The molecule has 0 radical (unpaired) electrons. The third-order valence-corrected chi connectivity index (χ3v) is 6.25. The summed E-state index contributed by atoms with van der Waals surface area (Å²) in [5, 5.41) is 0. The summed E-state index contributed by atoms with van der Waals surface area (Å²) in [6.07, 6.45) is 1.91. The first-order valence-electron chi connectivity index (χ1n) is 9.79. The molecule has 0 bridgehead atoms. The molecule has 4 nitrogen and oxygen atoms in total. The zero-order valence-corrected chi connectivity index (χ0v) is 17.6. The van der Waals surface area contributed by atoms with Crippen molar-refractivity contribution in [3.05, 3.63) is 104 Å². The number of fused-ring (bicyclic) bond motifs is 3. The number of thiazole rings is 1. The first kappa shape index (κ1) is 18.6. The maximum atomic E-state index is 13.0. The van der Waals surface area contributed by atoms with E-state index in [-0.39, 0.29) is 5.56 Å². The van der Waals surface area contributed by atoms with E-state index in [9.17, 15) is 4.79 Å². The summed E-state index contributed by atoms with van der Waals surface area (Å²) in [6, 6.07) is 21.9. The number of hydrogen-bond donors (Lipinski definition) is 0. The van der Waals surface area contributed by atoms with Crippen molar-refractivity contribution in [1.29, 1.82) is 0 Å². The Morgan fingerprint density at radius 3 is 2.50 bits per heavy atom. The van der Waals surface area contributed by atoms with E-state index in [1.807, 2.05) is 72.8 Å². The Kier molecular flexibility index (Phi) is 4.60. The molecule has 2 heterocycles. The molecule has 0 N–H and O–H groups in total. The molecule has 0 aliphatic carbocycles. The van der Waals surface area contributed by atoms with E-state index < -0.39 is 0 Å². The molecule has 0 atom stereocenters. The van der Waals surface area contributed by atoms with Crippen molar-refractivity contribution < 1.29 is 4.74 Å². The maximum Gasteiger partial charge on any atom is 0.274 e. The zero-order valence-electron chi connectivity index (χ0n) is 16.8. The van der Waals surface area contributed by atoms with Gasteiger partial charge < -0.3 is 4.74 Å². The fraction of sp³-hybridized carbons (Fsp3) is 0.120. The van der Waals surface area contributed by atoms with Gasteiger partial charge in [0.15, 0.2) is 4.96 Å². The molecule has 5 heteroatoms. The van der Waals surface area contributed by atoms with Gasteiger partial charge in [-0.15, -0.1) is 0 Å². The third-order valence-electron chi connectivity index (χ3n) is 5.28. The summed E-state index contributed by atoms with van der Waals surface area (Å²) in [4.78, 5) is 18.4. The van der Waals surface area contributed by atoms with Crippen molar-refractivity contribution in [2.45, 2.75) is 20.5 Å². The Balaban J connectivity index is 1.45. The fourth-order valence-corrected chi connectivity index (χ4v) is 4.46. The fourth-order valence-electron chi connectivity index (χ4n) is 3.47. The van der Waals surface area contributed by atoms with Gasteiger partial charge in [0.2, 0.25) is 0 Å². The van der Waals surface area contributed by atoms with Gasteiger partial charge in [0.05, 0.1) is 15.6 Å². The molecule has 0 aliphatic rings. The van der Waals surface area contributed by atoms with Crippen molar-refractivity contribution in [2.75, 3.05) is 0 Å². The van der Waals surface area contributed by atoms with E-state index in [1.165, 1.54) is 16.9 Å². The number of aryl methyl sites for hydroxylation is 2. The maximum absolute atomic E-state index is 13.0. The van der Waals surface area contributed by atoms with Crippen LogP contribution in [-0.2, 0) is 6.61 Å². The number of imidazole rings is 1. The zero-order chi connectivity index (χ0) is 20.7. The molecule has 148 valence electrons. The first-order chi connectivity index (χ1) is 14.6.